The van der Waals surface area contributed by atoms with Gasteiger partial charge in [-0.05, 0) is 36.6 Å². The number of aromatic nitrogens is 1. The van der Waals surface area contributed by atoms with Crippen molar-refractivity contribution in [2.45, 2.75) is 12.8 Å². The van der Waals surface area contributed by atoms with Crippen LogP contribution < -0.4 is 4.74 Å². The SMILES string of the molecule is Clc1ccc(OCCCc2ccccc2)c2cc[nH]c12. The number of hydrogen-bond donors (Lipinski definition) is 1. The van der Waals surface area contributed by atoms with E-state index in [-0.39, 0.29) is 0 Å². The van der Waals surface area contributed by atoms with Crippen LogP contribution in [0.3, 0.4) is 0 Å². The third-order valence-corrected chi connectivity index (χ3v) is 3.66. The fourth-order valence-electron chi connectivity index (χ4n) is 2.32. The predicted molar refractivity (Wildman–Crippen MR) is 83.6 cm³/mol. The first-order valence-corrected chi connectivity index (χ1v) is 7.15. The third-order valence-electron chi connectivity index (χ3n) is 3.34. The van der Waals surface area contributed by atoms with Crippen LogP contribution in [0.1, 0.15) is 12.0 Å². The number of halogens is 1. The van der Waals surface area contributed by atoms with Gasteiger partial charge in [-0.2, -0.15) is 0 Å². The van der Waals surface area contributed by atoms with E-state index in [0.29, 0.717) is 6.61 Å². The van der Waals surface area contributed by atoms with E-state index in [1.165, 1.54) is 5.56 Å². The Labute approximate surface area is 123 Å². The number of rotatable bonds is 5. The Bertz CT molecular complexity index is 691. The van der Waals surface area contributed by atoms with Gasteiger partial charge in [0.15, 0.2) is 0 Å². The predicted octanol–water partition coefficient (Wildman–Crippen LogP) is 4.83. The van der Waals surface area contributed by atoms with Crippen LogP contribution in [-0.4, -0.2) is 11.6 Å². The molecule has 0 unspecified atom stereocenters. The van der Waals surface area contributed by atoms with Crippen molar-refractivity contribution in [2.24, 2.45) is 0 Å². The lowest BCUT2D eigenvalue weighted by atomic mass is 10.1. The molecule has 2 aromatic carbocycles. The van der Waals surface area contributed by atoms with E-state index in [1.54, 1.807) is 0 Å². The number of benzene rings is 2. The Morgan fingerprint density at radius 1 is 1.00 bits per heavy atom. The van der Waals surface area contributed by atoms with Crippen molar-refractivity contribution in [3.05, 3.63) is 65.3 Å². The van der Waals surface area contributed by atoms with Gasteiger partial charge in [0.2, 0.25) is 0 Å². The van der Waals surface area contributed by atoms with Crippen LogP contribution in [0.2, 0.25) is 5.02 Å². The highest BCUT2D eigenvalue weighted by Crippen LogP contribution is 2.30. The van der Waals surface area contributed by atoms with Crippen molar-refractivity contribution in [3.63, 3.8) is 0 Å². The smallest absolute Gasteiger partial charge is 0.128 e. The topological polar surface area (TPSA) is 25.0 Å². The molecule has 1 N–H and O–H groups in total. The van der Waals surface area contributed by atoms with E-state index in [1.807, 2.05) is 30.5 Å². The highest BCUT2D eigenvalue weighted by atomic mass is 35.5. The van der Waals surface area contributed by atoms with E-state index >= 15 is 0 Å². The molecule has 3 rings (SSSR count). The average molecular weight is 286 g/mol. The summed E-state index contributed by atoms with van der Waals surface area (Å²) in [6, 6.07) is 16.3. The monoisotopic (exact) mass is 285 g/mol. The number of hydrogen-bond acceptors (Lipinski definition) is 1. The Kier molecular flexibility index (Phi) is 3.93. The first kappa shape index (κ1) is 13.1. The van der Waals surface area contributed by atoms with Gasteiger partial charge in [0.1, 0.15) is 5.75 Å². The van der Waals surface area contributed by atoms with Crippen LogP contribution >= 0.6 is 11.6 Å². The molecule has 0 aliphatic heterocycles. The van der Waals surface area contributed by atoms with Crippen molar-refractivity contribution in [2.75, 3.05) is 6.61 Å². The summed E-state index contributed by atoms with van der Waals surface area (Å²) in [7, 11) is 0. The van der Waals surface area contributed by atoms with E-state index < -0.39 is 0 Å². The molecule has 0 bridgehead atoms. The lowest BCUT2D eigenvalue weighted by Gasteiger charge is -2.08. The molecule has 0 saturated heterocycles. The van der Waals surface area contributed by atoms with Crippen LogP contribution in [-0.2, 0) is 6.42 Å². The van der Waals surface area contributed by atoms with Crippen LogP contribution in [0.15, 0.2) is 54.7 Å². The average Bonchev–Trinajstić information content (AvgIpc) is 2.97. The number of fused-ring (bicyclic) bond motifs is 1. The zero-order valence-electron chi connectivity index (χ0n) is 11.1. The summed E-state index contributed by atoms with van der Waals surface area (Å²) >= 11 is 6.12. The summed E-state index contributed by atoms with van der Waals surface area (Å²) < 4.78 is 5.88. The summed E-state index contributed by atoms with van der Waals surface area (Å²) in [6.45, 7) is 0.705. The molecule has 0 amide bonds. The van der Waals surface area contributed by atoms with E-state index in [0.717, 1.165) is 34.5 Å². The molecule has 0 atom stereocenters. The lowest BCUT2D eigenvalue weighted by Crippen LogP contribution is -1.99. The highest BCUT2D eigenvalue weighted by molar-refractivity contribution is 6.35. The molecule has 102 valence electrons. The molecule has 0 aliphatic carbocycles. The van der Waals surface area contributed by atoms with E-state index in [9.17, 15) is 0 Å². The second-order valence-electron chi connectivity index (χ2n) is 4.75. The molecular weight excluding hydrogens is 270 g/mol. The molecule has 20 heavy (non-hydrogen) atoms. The van der Waals surface area contributed by atoms with Crippen molar-refractivity contribution >= 4 is 22.5 Å². The largest absolute Gasteiger partial charge is 0.493 e. The lowest BCUT2D eigenvalue weighted by molar-refractivity contribution is 0.314. The van der Waals surface area contributed by atoms with Crippen molar-refractivity contribution in [3.8, 4) is 5.75 Å². The minimum absolute atomic E-state index is 0.705. The summed E-state index contributed by atoms with van der Waals surface area (Å²) in [5, 5.41) is 1.76. The number of aromatic amines is 1. The maximum Gasteiger partial charge on any atom is 0.128 e. The van der Waals surface area contributed by atoms with Gasteiger partial charge in [-0.25, -0.2) is 0 Å². The normalized spacial score (nSPS) is 10.8. The van der Waals surface area contributed by atoms with Gasteiger partial charge in [-0.15, -0.1) is 0 Å². The molecule has 2 nitrogen and oxygen atoms in total. The van der Waals surface area contributed by atoms with Gasteiger partial charge in [0.05, 0.1) is 17.1 Å². The summed E-state index contributed by atoms with van der Waals surface area (Å²) in [4.78, 5) is 3.13. The van der Waals surface area contributed by atoms with Crippen molar-refractivity contribution in [1.29, 1.82) is 0 Å². The fraction of sp³-hybridized carbons (Fsp3) is 0.176. The standard InChI is InChI=1S/C17H16ClNO/c18-15-8-9-16(14-10-11-19-17(14)15)20-12-4-7-13-5-2-1-3-6-13/h1-3,5-6,8-11,19H,4,7,12H2. The molecular formula is C17H16ClNO. The Hall–Kier alpha value is -1.93. The molecule has 3 heteroatoms. The van der Waals surface area contributed by atoms with Crippen molar-refractivity contribution < 1.29 is 4.74 Å². The Balaban J connectivity index is 1.60. The molecule has 3 aromatic rings. The summed E-state index contributed by atoms with van der Waals surface area (Å²) in [5.41, 5.74) is 2.28. The first-order chi connectivity index (χ1) is 9.84. The third kappa shape index (κ3) is 2.81. The molecule has 0 fully saturated rings. The maximum atomic E-state index is 6.12. The summed E-state index contributed by atoms with van der Waals surface area (Å²) in [5.74, 6) is 0.888. The second kappa shape index (κ2) is 6.02. The van der Waals surface area contributed by atoms with Gasteiger partial charge >= 0.3 is 0 Å². The minimum Gasteiger partial charge on any atom is -0.493 e. The molecule has 0 spiro atoms. The summed E-state index contributed by atoms with van der Waals surface area (Å²) in [6.07, 6.45) is 3.91. The number of aryl methyl sites for hydroxylation is 1. The number of H-pyrrole nitrogens is 1. The van der Waals surface area contributed by atoms with Crippen LogP contribution in [0, 0.1) is 0 Å². The molecule has 1 heterocycles. The fourth-order valence-corrected chi connectivity index (χ4v) is 2.54. The minimum atomic E-state index is 0.705. The molecule has 1 aromatic heterocycles. The number of ether oxygens (including phenoxy) is 1. The van der Waals surface area contributed by atoms with E-state index in [2.05, 4.69) is 29.2 Å². The highest BCUT2D eigenvalue weighted by Gasteiger charge is 2.06. The molecule has 0 aliphatic rings. The van der Waals surface area contributed by atoms with Gasteiger partial charge in [0, 0.05) is 11.6 Å². The van der Waals surface area contributed by atoms with E-state index in [4.69, 9.17) is 16.3 Å². The first-order valence-electron chi connectivity index (χ1n) is 6.77. The van der Waals surface area contributed by atoms with Gasteiger partial charge in [-0.3, -0.25) is 0 Å². The zero-order valence-corrected chi connectivity index (χ0v) is 11.9. The van der Waals surface area contributed by atoms with Crippen LogP contribution in [0.5, 0.6) is 5.75 Å². The molecule has 0 radical (unpaired) electrons. The van der Waals surface area contributed by atoms with Crippen LogP contribution in [0.4, 0.5) is 0 Å². The van der Waals surface area contributed by atoms with Gasteiger partial charge in [0.25, 0.3) is 0 Å². The van der Waals surface area contributed by atoms with Gasteiger partial charge < -0.3 is 9.72 Å². The Morgan fingerprint density at radius 3 is 2.70 bits per heavy atom. The molecule has 0 saturated carbocycles. The maximum absolute atomic E-state index is 6.12. The zero-order chi connectivity index (χ0) is 13.8. The quantitative estimate of drug-likeness (QED) is 0.667. The van der Waals surface area contributed by atoms with Crippen LogP contribution in [0.25, 0.3) is 10.9 Å². The number of nitrogens with one attached hydrogen (secondary N) is 1. The van der Waals surface area contributed by atoms with Crippen molar-refractivity contribution in [1.82, 2.24) is 4.98 Å². The Morgan fingerprint density at radius 2 is 1.85 bits per heavy atom. The second-order valence-corrected chi connectivity index (χ2v) is 5.16. The van der Waals surface area contributed by atoms with Gasteiger partial charge in [-0.1, -0.05) is 41.9 Å².